The third kappa shape index (κ3) is 2.84. The number of carbonyl (C=O) groups is 1. The Labute approximate surface area is 108 Å². The van der Waals surface area contributed by atoms with Gasteiger partial charge in [0.25, 0.3) is 5.91 Å². The molecule has 19 heavy (non-hydrogen) atoms. The number of amides is 1. The average molecular weight is 260 g/mol. The Balaban J connectivity index is 2.05. The van der Waals surface area contributed by atoms with Crippen LogP contribution in [0.3, 0.4) is 0 Å². The van der Waals surface area contributed by atoms with Crippen molar-refractivity contribution in [2.75, 3.05) is 16.6 Å². The van der Waals surface area contributed by atoms with Crippen LogP contribution in [-0.2, 0) is 0 Å². The lowest BCUT2D eigenvalue weighted by Crippen LogP contribution is -2.30. The molecule has 0 aliphatic heterocycles. The lowest BCUT2D eigenvalue weighted by atomic mass is 10.3. The van der Waals surface area contributed by atoms with E-state index in [1.165, 1.54) is 12.5 Å². The molecule has 0 unspecified atom stereocenters. The number of pyridine rings is 1. The van der Waals surface area contributed by atoms with Gasteiger partial charge in [0.15, 0.2) is 11.6 Å². The standard InChI is InChI=1S/C10H12N8O/c11-7-8(16-12)14-5-15-9(7)17-18-10(19)6-2-1-3-13-4-6/h1-5H,11-12H2,(H,18,19)(H2,14,15,16,17). The summed E-state index contributed by atoms with van der Waals surface area (Å²) in [5, 5.41) is 0. The Morgan fingerprint density at radius 2 is 2.05 bits per heavy atom. The predicted octanol–water partition coefficient (Wildman–Crippen LogP) is -0.504. The van der Waals surface area contributed by atoms with Crippen LogP contribution in [0.2, 0.25) is 0 Å². The largest absolute Gasteiger partial charge is 0.393 e. The summed E-state index contributed by atoms with van der Waals surface area (Å²) in [5.74, 6) is 5.35. The number of nitrogens with two attached hydrogens (primary N) is 2. The molecule has 2 aromatic heterocycles. The quantitative estimate of drug-likeness (QED) is 0.365. The molecule has 98 valence electrons. The van der Waals surface area contributed by atoms with Gasteiger partial charge in [-0.25, -0.2) is 15.8 Å². The van der Waals surface area contributed by atoms with Crippen LogP contribution < -0.4 is 27.9 Å². The van der Waals surface area contributed by atoms with E-state index in [1.54, 1.807) is 18.3 Å². The number of hydrogen-bond acceptors (Lipinski definition) is 8. The average Bonchev–Trinajstić information content (AvgIpc) is 2.47. The van der Waals surface area contributed by atoms with Crippen molar-refractivity contribution in [1.82, 2.24) is 20.4 Å². The van der Waals surface area contributed by atoms with E-state index in [9.17, 15) is 4.79 Å². The summed E-state index contributed by atoms with van der Waals surface area (Å²) in [6.45, 7) is 0. The van der Waals surface area contributed by atoms with Crippen molar-refractivity contribution in [2.45, 2.75) is 0 Å². The molecular weight excluding hydrogens is 248 g/mol. The molecule has 7 N–H and O–H groups in total. The van der Waals surface area contributed by atoms with Gasteiger partial charge in [0.05, 0.1) is 5.56 Å². The number of nitrogens with zero attached hydrogens (tertiary/aromatic N) is 3. The van der Waals surface area contributed by atoms with E-state index in [0.717, 1.165) is 0 Å². The molecule has 9 heteroatoms. The maximum absolute atomic E-state index is 11.7. The molecule has 0 radical (unpaired) electrons. The van der Waals surface area contributed by atoms with E-state index in [0.29, 0.717) is 5.56 Å². The maximum atomic E-state index is 11.7. The number of hydrazine groups is 2. The lowest BCUT2D eigenvalue weighted by Gasteiger charge is -2.11. The molecule has 9 nitrogen and oxygen atoms in total. The van der Waals surface area contributed by atoms with Crippen LogP contribution in [0.15, 0.2) is 30.9 Å². The minimum atomic E-state index is -0.367. The molecule has 0 aliphatic rings. The first-order valence-corrected chi connectivity index (χ1v) is 5.26. The minimum absolute atomic E-state index is 0.191. The zero-order valence-electron chi connectivity index (χ0n) is 9.79. The highest BCUT2D eigenvalue weighted by atomic mass is 16.2. The van der Waals surface area contributed by atoms with Crippen molar-refractivity contribution < 1.29 is 4.79 Å². The summed E-state index contributed by atoms with van der Waals surface area (Å²) < 4.78 is 0. The van der Waals surface area contributed by atoms with Gasteiger partial charge in [0.2, 0.25) is 0 Å². The molecule has 0 aliphatic carbocycles. The second kappa shape index (κ2) is 5.60. The van der Waals surface area contributed by atoms with Crippen LogP contribution in [0, 0.1) is 0 Å². The topological polar surface area (TPSA) is 144 Å². The Morgan fingerprint density at radius 3 is 2.74 bits per heavy atom. The van der Waals surface area contributed by atoms with Crippen molar-refractivity contribution in [3.63, 3.8) is 0 Å². The molecule has 0 spiro atoms. The number of nitrogen functional groups attached to an aromatic ring is 2. The van der Waals surface area contributed by atoms with Gasteiger partial charge in [-0.3, -0.25) is 20.6 Å². The molecular formula is C10H12N8O. The van der Waals surface area contributed by atoms with E-state index in [2.05, 4.69) is 31.2 Å². The summed E-state index contributed by atoms with van der Waals surface area (Å²) in [7, 11) is 0. The van der Waals surface area contributed by atoms with Crippen molar-refractivity contribution in [3.8, 4) is 0 Å². The van der Waals surface area contributed by atoms with E-state index in [4.69, 9.17) is 11.6 Å². The van der Waals surface area contributed by atoms with Crippen LogP contribution in [-0.4, -0.2) is 20.9 Å². The first-order valence-electron chi connectivity index (χ1n) is 5.26. The maximum Gasteiger partial charge on any atom is 0.271 e. The molecule has 2 aromatic rings. The number of nitrogens with one attached hydrogen (secondary N) is 3. The van der Waals surface area contributed by atoms with E-state index >= 15 is 0 Å². The molecule has 2 heterocycles. The second-order valence-corrected chi connectivity index (χ2v) is 3.45. The van der Waals surface area contributed by atoms with Crippen LogP contribution in [0.1, 0.15) is 10.4 Å². The van der Waals surface area contributed by atoms with Crippen LogP contribution in [0.25, 0.3) is 0 Å². The van der Waals surface area contributed by atoms with Crippen LogP contribution in [0.4, 0.5) is 17.3 Å². The summed E-state index contributed by atoms with van der Waals surface area (Å²) in [6, 6.07) is 3.28. The minimum Gasteiger partial charge on any atom is -0.393 e. The fourth-order valence-electron chi connectivity index (χ4n) is 1.30. The normalized spacial score (nSPS) is 9.74. The second-order valence-electron chi connectivity index (χ2n) is 3.45. The van der Waals surface area contributed by atoms with Crippen molar-refractivity contribution >= 4 is 23.2 Å². The van der Waals surface area contributed by atoms with E-state index < -0.39 is 0 Å². The fraction of sp³-hybridized carbons (Fsp3) is 0. The first-order chi connectivity index (χ1) is 9.22. The SMILES string of the molecule is NNc1ncnc(NNC(=O)c2cccnc2)c1N. The van der Waals surface area contributed by atoms with Gasteiger partial charge in [-0.15, -0.1) is 0 Å². The van der Waals surface area contributed by atoms with Gasteiger partial charge in [0.1, 0.15) is 12.0 Å². The highest BCUT2D eigenvalue weighted by molar-refractivity contribution is 5.94. The third-order valence-electron chi connectivity index (χ3n) is 2.24. The van der Waals surface area contributed by atoms with Crippen LogP contribution in [0.5, 0.6) is 0 Å². The monoisotopic (exact) mass is 260 g/mol. The number of carbonyl (C=O) groups excluding carboxylic acids is 1. The van der Waals surface area contributed by atoms with Crippen molar-refractivity contribution in [1.29, 1.82) is 0 Å². The zero-order valence-corrected chi connectivity index (χ0v) is 9.79. The van der Waals surface area contributed by atoms with E-state index in [-0.39, 0.29) is 23.2 Å². The molecule has 1 amide bonds. The van der Waals surface area contributed by atoms with Gasteiger partial charge in [0, 0.05) is 12.4 Å². The van der Waals surface area contributed by atoms with Gasteiger partial charge >= 0.3 is 0 Å². The molecule has 0 saturated heterocycles. The molecule has 0 fully saturated rings. The molecule has 0 bridgehead atoms. The summed E-state index contributed by atoms with van der Waals surface area (Å²) in [6.07, 6.45) is 4.27. The van der Waals surface area contributed by atoms with Gasteiger partial charge in [-0.1, -0.05) is 0 Å². The van der Waals surface area contributed by atoms with Crippen LogP contribution >= 0.6 is 0 Å². The smallest absolute Gasteiger partial charge is 0.271 e. The predicted molar refractivity (Wildman–Crippen MR) is 69.6 cm³/mol. The molecule has 0 aromatic carbocycles. The Hall–Kier alpha value is -2.94. The van der Waals surface area contributed by atoms with Gasteiger partial charge < -0.3 is 11.2 Å². The molecule has 0 saturated carbocycles. The highest BCUT2D eigenvalue weighted by Crippen LogP contribution is 2.20. The Kier molecular flexibility index (Phi) is 3.69. The number of rotatable bonds is 4. The lowest BCUT2D eigenvalue weighted by molar-refractivity contribution is 0.0962. The number of hydrogen-bond donors (Lipinski definition) is 5. The summed E-state index contributed by atoms with van der Waals surface area (Å²) in [5.41, 5.74) is 13.7. The highest BCUT2D eigenvalue weighted by Gasteiger charge is 2.09. The molecule has 0 atom stereocenters. The number of anilines is 3. The van der Waals surface area contributed by atoms with Gasteiger partial charge in [-0.05, 0) is 12.1 Å². The fourth-order valence-corrected chi connectivity index (χ4v) is 1.30. The third-order valence-corrected chi connectivity index (χ3v) is 2.24. The van der Waals surface area contributed by atoms with Gasteiger partial charge in [-0.2, -0.15) is 0 Å². The Bertz CT molecular complexity index is 573. The molecule has 2 rings (SSSR count). The first kappa shape index (κ1) is 12.5. The number of aromatic nitrogens is 3. The zero-order chi connectivity index (χ0) is 13.7. The van der Waals surface area contributed by atoms with E-state index in [1.807, 2.05) is 0 Å². The Morgan fingerprint density at radius 1 is 1.26 bits per heavy atom. The summed E-state index contributed by atoms with van der Waals surface area (Å²) in [4.78, 5) is 23.3. The van der Waals surface area contributed by atoms with Crippen molar-refractivity contribution in [3.05, 3.63) is 36.4 Å². The summed E-state index contributed by atoms with van der Waals surface area (Å²) >= 11 is 0. The van der Waals surface area contributed by atoms with Crippen molar-refractivity contribution in [2.24, 2.45) is 5.84 Å².